The number of carboxylic acid groups (broad SMARTS) is 3. The number of hydrogen-bond acceptors (Lipinski definition) is 14. The zero-order chi connectivity index (χ0) is 45.1. The molecule has 0 fully saturated rings. The first-order valence-electron chi connectivity index (χ1n) is 17.7. The Labute approximate surface area is 335 Å². The van der Waals surface area contributed by atoms with Gasteiger partial charge in [-0.1, -0.05) is 12.1 Å². The van der Waals surface area contributed by atoms with Gasteiger partial charge in [0.2, 0.25) is 47.3 Å². The average molecular weight is 840 g/mol. The summed E-state index contributed by atoms with van der Waals surface area (Å²) in [6.45, 7) is 2.36. The molecule has 1 aromatic carbocycles. The smallest absolute Gasteiger partial charge is 0.305 e. The highest BCUT2D eigenvalue weighted by Gasteiger charge is 2.35. The molecule has 8 atom stereocenters. The lowest BCUT2D eigenvalue weighted by Gasteiger charge is -2.28. The molecule has 25 heteroatoms. The van der Waals surface area contributed by atoms with Crippen LogP contribution in [0.1, 0.15) is 57.9 Å². The molecule has 326 valence electrons. The lowest BCUT2D eigenvalue weighted by molar-refractivity contribution is -0.142. The van der Waals surface area contributed by atoms with Crippen LogP contribution in [0.5, 0.6) is 5.75 Å². The van der Waals surface area contributed by atoms with E-state index in [2.05, 4.69) is 21.3 Å². The quantitative estimate of drug-likeness (QED) is 0.0413. The van der Waals surface area contributed by atoms with Crippen molar-refractivity contribution in [1.82, 2.24) is 31.9 Å². The largest absolute Gasteiger partial charge is 0.508 e. The number of phenols is 1. The van der Waals surface area contributed by atoms with Crippen molar-refractivity contribution < 1.29 is 78.3 Å². The van der Waals surface area contributed by atoms with Crippen molar-refractivity contribution in [2.75, 3.05) is 0 Å². The maximum Gasteiger partial charge on any atom is 0.305 e. The second-order valence-electron chi connectivity index (χ2n) is 13.2. The summed E-state index contributed by atoms with van der Waals surface area (Å²) in [5.74, 6) is -14.0. The zero-order valence-corrected chi connectivity index (χ0v) is 31.8. The number of aliphatic hydroxyl groups excluding tert-OH is 1. The standard InChI is InChI=1S/C34H49N9O16/c1-14(28(37)53)38-34(59)27(15(2)44)43-33(58)20(11-16-3-5-17(45)6-4-16)41-30(55)19(8-10-25(49)50)39-31(56)21(12-23(36)46)42-32(57)22(13-26(51)52)40-29(54)18(35)7-9-24(47)48/h3-6,14-15,18-22,27,44-45H,7-13,35H2,1-2H3,(H2,36,46)(H2,37,53)(H,38,59)(H,39,56)(H,40,54)(H,41,55)(H,42,57)(H,43,58)(H,47,48)(H,49,50)(H,51,52)/t14-,15+,18-,19-,20-,21-,22-,27-/m0/s1. The van der Waals surface area contributed by atoms with Crippen LogP contribution in [0.15, 0.2) is 24.3 Å². The molecule has 0 heterocycles. The van der Waals surface area contributed by atoms with Gasteiger partial charge >= 0.3 is 17.9 Å². The lowest BCUT2D eigenvalue weighted by Crippen LogP contribution is -2.61. The predicted molar refractivity (Wildman–Crippen MR) is 198 cm³/mol. The summed E-state index contributed by atoms with van der Waals surface area (Å²) in [6.07, 6.45) is -6.45. The van der Waals surface area contributed by atoms with E-state index in [0.717, 1.165) is 6.92 Å². The SMILES string of the molecule is C[C@H](NC(=O)[C@@H](NC(=O)[C@H](Cc1ccc(O)cc1)NC(=O)[C@H](CCC(=O)O)NC(=O)[C@H](CC(N)=O)NC(=O)[C@H](CC(=O)O)NC(=O)[C@@H](N)CCC(=O)O)[C@@H](C)O)C(N)=O. The Morgan fingerprint density at radius 3 is 1.53 bits per heavy atom. The van der Waals surface area contributed by atoms with E-state index in [1.807, 2.05) is 10.6 Å². The summed E-state index contributed by atoms with van der Waals surface area (Å²) in [5.41, 5.74) is 16.4. The zero-order valence-electron chi connectivity index (χ0n) is 31.8. The molecule has 0 aliphatic rings. The van der Waals surface area contributed by atoms with Crippen LogP contribution in [0, 0.1) is 0 Å². The number of carboxylic acids is 3. The second kappa shape index (κ2) is 24.0. The molecule has 1 rings (SSSR count). The topological polar surface area (TPSA) is 439 Å². The number of benzene rings is 1. The van der Waals surface area contributed by atoms with Crippen LogP contribution in [0.2, 0.25) is 0 Å². The maximum absolute atomic E-state index is 13.7. The van der Waals surface area contributed by atoms with E-state index in [4.69, 9.17) is 22.3 Å². The molecular formula is C34H49N9O16. The highest BCUT2D eigenvalue weighted by Crippen LogP contribution is 2.13. The Morgan fingerprint density at radius 1 is 0.576 bits per heavy atom. The van der Waals surface area contributed by atoms with Crippen molar-refractivity contribution in [3.05, 3.63) is 29.8 Å². The fourth-order valence-corrected chi connectivity index (χ4v) is 4.95. The number of carbonyl (C=O) groups is 11. The number of phenolic OH excluding ortho intramolecular Hbond substituents is 1. The van der Waals surface area contributed by atoms with Gasteiger partial charge in [0.15, 0.2) is 0 Å². The predicted octanol–water partition coefficient (Wildman–Crippen LogP) is -5.86. The van der Waals surface area contributed by atoms with Gasteiger partial charge in [-0.2, -0.15) is 0 Å². The summed E-state index contributed by atoms with van der Waals surface area (Å²) >= 11 is 0. The minimum atomic E-state index is -1.99. The van der Waals surface area contributed by atoms with E-state index in [1.165, 1.54) is 31.2 Å². The fraction of sp³-hybridized carbons (Fsp3) is 0.500. The van der Waals surface area contributed by atoms with Crippen molar-refractivity contribution in [2.45, 2.75) is 107 Å². The first-order chi connectivity index (χ1) is 27.4. The van der Waals surface area contributed by atoms with Crippen LogP contribution in [-0.4, -0.2) is 139 Å². The van der Waals surface area contributed by atoms with Gasteiger partial charge in [0.05, 0.1) is 25.0 Å². The van der Waals surface area contributed by atoms with Gasteiger partial charge in [0.1, 0.15) is 42.0 Å². The molecule has 1 aromatic rings. The highest BCUT2D eigenvalue weighted by molar-refractivity contribution is 5.99. The molecule has 0 aliphatic heterocycles. The van der Waals surface area contributed by atoms with Gasteiger partial charge in [0.25, 0.3) is 0 Å². The van der Waals surface area contributed by atoms with Crippen LogP contribution in [-0.2, 0) is 59.2 Å². The Hall–Kier alpha value is -6.89. The van der Waals surface area contributed by atoms with Crippen LogP contribution in [0.25, 0.3) is 0 Å². The molecule has 0 aromatic heterocycles. The van der Waals surface area contributed by atoms with Crippen molar-refractivity contribution >= 4 is 65.2 Å². The first kappa shape index (κ1) is 50.1. The molecule has 0 unspecified atom stereocenters. The van der Waals surface area contributed by atoms with Gasteiger partial charge in [-0.15, -0.1) is 0 Å². The van der Waals surface area contributed by atoms with Crippen molar-refractivity contribution in [2.24, 2.45) is 17.2 Å². The van der Waals surface area contributed by atoms with E-state index in [9.17, 15) is 73.2 Å². The van der Waals surface area contributed by atoms with E-state index in [0.29, 0.717) is 5.56 Å². The third-order valence-electron chi connectivity index (χ3n) is 8.19. The molecule has 0 radical (unpaired) electrons. The van der Waals surface area contributed by atoms with Gasteiger partial charge in [-0.05, 0) is 44.4 Å². The number of amides is 8. The van der Waals surface area contributed by atoms with Crippen LogP contribution in [0.3, 0.4) is 0 Å². The minimum absolute atomic E-state index is 0.168. The van der Waals surface area contributed by atoms with Crippen molar-refractivity contribution in [1.29, 1.82) is 0 Å². The van der Waals surface area contributed by atoms with Crippen LogP contribution < -0.4 is 49.1 Å². The summed E-state index contributed by atoms with van der Waals surface area (Å²) in [5, 5.41) is 60.5. The number of nitrogens with one attached hydrogen (secondary N) is 6. The maximum atomic E-state index is 13.7. The van der Waals surface area contributed by atoms with E-state index in [1.54, 1.807) is 0 Å². The van der Waals surface area contributed by atoms with E-state index < -0.39 is 152 Å². The van der Waals surface area contributed by atoms with Crippen molar-refractivity contribution in [3.63, 3.8) is 0 Å². The second-order valence-corrected chi connectivity index (χ2v) is 13.2. The minimum Gasteiger partial charge on any atom is -0.508 e. The normalized spacial score (nSPS) is 14.8. The molecule has 0 saturated carbocycles. The molecule has 59 heavy (non-hydrogen) atoms. The number of aliphatic carboxylic acids is 3. The molecule has 0 aliphatic carbocycles. The fourth-order valence-electron chi connectivity index (χ4n) is 4.95. The summed E-state index contributed by atoms with van der Waals surface area (Å²) in [4.78, 5) is 137. The lowest BCUT2D eigenvalue weighted by atomic mass is 10.0. The van der Waals surface area contributed by atoms with Crippen LogP contribution >= 0.6 is 0 Å². The van der Waals surface area contributed by atoms with Crippen LogP contribution in [0.4, 0.5) is 0 Å². The van der Waals surface area contributed by atoms with E-state index >= 15 is 0 Å². The number of hydrogen-bond donors (Lipinski definition) is 14. The third-order valence-corrected chi connectivity index (χ3v) is 8.19. The third kappa shape index (κ3) is 18.7. The number of nitrogens with two attached hydrogens (primary N) is 3. The Kier molecular flexibility index (Phi) is 20.4. The number of aromatic hydroxyl groups is 1. The van der Waals surface area contributed by atoms with Gasteiger partial charge < -0.3 is 74.6 Å². The number of primary amides is 2. The Bertz CT molecular complexity index is 1740. The summed E-state index contributed by atoms with van der Waals surface area (Å²) in [7, 11) is 0. The summed E-state index contributed by atoms with van der Waals surface area (Å²) in [6, 6.07) is -6.70. The molecule has 0 bridgehead atoms. The monoisotopic (exact) mass is 839 g/mol. The highest BCUT2D eigenvalue weighted by atomic mass is 16.4. The number of carbonyl (C=O) groups excluding carboxylic acids is 8. The van der Waals surface area contributed by atoms with Crippen molar-refractivity contribution in [3.8, 4) is 5.75 Å². The molecule has 17 N–H and O–H groups in total. The Balaban J connectivity index is 3.47. The van der Waals surface area contributed by atoms with Gasteiger partial charge in [-0.3, -0.25) is 52.7 Å². The first-order valence-corrected chi connectivity index (χ1v) is 17.7. The molecule has 0 saturated heterocycles. The van der Waals surface area contributed by atoms with Gasteiger partial charge in [0, 0.05) is 19.3 Å². The molecule has 25 nitrogen and oxygen atoms in total. The molecule has 0 spiro atoms. The Morgan fingerprint density at radius 2 is 1.03 bits per heavy atom. The number of aliphatic hydroxyl groups is 1. The van der Waals surface area contributed by atoms with Gasteiger partial charge in [-0.25, -0.2) is 0 Å². The summed E-state index contributed by atoms with van der Waals surface area (Å²) < 4.78 is 0. The van der Waals surface area contributed by atoms with E-state index in [-0.39, 0.29) is 12.2 Å². The molecule has 8 amide bonds. The molecular weight excluding hydrogens is 790 g/mol. The average Bonchev–Trinajstić information content (AvgIpc) is 3.13. The number of rotatable bonds is 26.